The lowest BCUT2D eigenvalue weighted by Gasteiger charge is -2.27. The molecule has 2 amide bonds. The second-order valence-corrected chi connectivity index (χ2v) is 9.07. The molecule has 2 aromatic heterocycles. The quantitative estimate of drug-likeness (QED) is 0.490. The zero-order chi connectivity index (χ0) is 24.0. The molecule has 5 rings (SSSR count). The van der Waals surface area contributed by atoms with Gasteiger partial charge in [-0.25, -0.2) is 0 Å². The highest BCUT2D eigenvalue weighted by atomic mass is 16.5. The summed E-state index contributed by atoms with van der Waals surface area (Å²) in [7, 11) is 0. The lowest BCUT2D eigenvalue weighted by Crippen LogP contribution is -2.40. The van der Waals surface area contributed by atoms with Crippen molar-refractivity contribution in [2.45, 2.75) is 25.8 Å². The molecule has 0 bridgehead atoms. The summed E-state index contributed by atoms with van der Waals surface area (Å²) in [5, 5.41) is 0. The molecule has 8 heteroatoms. The number of carbonyl (C=O) groups excluding carboxylic acids is 2. The van der Waals surface area contributed by atoms with Gasteiger partial charge in [-0.2, -0.15) is 0 Å². The van der Waals surface area contributed by atoms with Gasteiger partial charge < -0.3 is 23.8 Å². The number of aromatic nitrogens is 2. The van der Waals surface area contributed by atoms with Crippen molar-refractivity contribution in [3.8, 4) is 0 Å². The number of nitrogens with zero attached hydrogens (tertiary/aromatic N) is 4. The van der Waals surface area contributed by atoms with Gasteiger partial charge in [0, 0.05) is 50.7 Å². The number of benzene rings is 1. The van der Waals surface area contributed by atoms with Gasteiger partial charge in [0.25, 0.3) is 11.8 Å². The normalized spacial score (nSPS) is 16.6. The Hall–Kier alpha value is -3.23. The van der Waals surface area contributed by atoms with Crippen molar-refractivity contribution < 1.29 is 19.1 Å². The van der Waals surface area contributed by atoms with E-state index in [0.717, 1.165) is 42.4 Å². The number of rotatable bonds is 7. The summed E-state index contributed by atoms with van der Waals surface area (Å²) >= 11 is 0. The Kier molecular flexibility index (Phi) is 7.39. The van der Waals surface area contributed by atoms with Gasteiger partial charge in [-0.15, -0.1) is 0 Å². The second kappa shape index (κ2) is 11.0. The van der Waals surface area contributed by atoms with Crippen molar-refractivity contribution in [1.29, 1.82) is 0 Å². The molecule has 4 heterocycles. The Balaban J connectivity index is 1.21. The topological polar surface area (TPSA) is 76.9 Å². The fraction of sp³-hybridized carbons (Fsp3) is 0.444. The first kappa shape index (κ1) is 23.5. The van der Waals surface area contributed by atoms with Gasteiger partial charge in [-0.3, -0.25) is 14.6 Å². The number of hydrogen-bond acceptors (Lipinski definition) is 5. The third-order valence-corrected chi connectivity index (χ3v) is 6.75. The largest absolute Gasteiger partial charge is 0.378 e. The molecular weight excluding hydrogens is 444 g/mol. The Bertz CT molecular complexity index is 1180. The van der Waals surface area contributed by atoms with Crippen LogP contribution >= 0.6 is 0 Å². The maximum Gasteiger partial charge on any atom is 0.257 e. The number of morpholine rings is 2. The molecule has 3 aromatic rings. The Morgan fingerprint density at radius 2 is 1.57 bits per heavy atom. The van der Waals surface area contributed by atoms with Crippen molar-refractivity contribution in [3.63, 3.8) is 0 Å². The minimum absolute atomic E-state index is 0.0255. The van der Waals surface area contributed by atoms with Gasteiger partial charge in [0.2, 0.25) is 0 Å². The molecule has 0 radical (unpaired) electrons. The van der Waals surface area contributed by atoms with Crippen molar-refractivity contribution in [3.05, 3.63) is 65.5 Å². The van der Waals surface area contributed by atoms with Gasteiger partial charge in [-0.1, -0.05) is 12.1 Å². The predicted molar refractivity (Wildman–Crippen MR) is 133 cm³/mol. The van der Waals surface area contributed by atoms with E-state index < -0.39 is 0 Å². The number of amides is 2. The number of ether oxygens (including phenoxy) is 2. The van der Waals surface area contributed by atoms with Gasteiger partial charge in [0.15, 0.2) is 0 Å². The predicted octanol–water partition coefficient (Wildman–Crippen LogP) is 3.00. The molecule has 2 aliphatic heterocycles. The summed E-state index contributed by atoms with van der Waals surface area (Å²) in [5.41, 5.74) is 4.34. The van der Waals surface area contributed by atoms with E-state index in [4.69, 9.17) is 9.47 Å². The molecule has 0 N–H and O–H groups in total. The highest BCUT2D eigenvalue weighted by Gasteiger charge is 2.23. The van der Waals surface area contributed by atoms with Crippen LogP contribution in [0.5, 0.6) is 0 Å². The molecule has 2 aliphatic rings. The van der Waals surface area contributed by atoms with Crippen LogP contribution in [-0.2, 0) is 22.4 Å². The molecule has 0 atom stereocenters. The summed E-state index contributed by atoms with van der Waals surface area (Å²) < 4.78 is 12.9. The third kappa shape index (κ3) is 5.39. The SMILES string of the molecule is O=C(c1cccc(CCCCn2cc(C(=O)N3CCOCC3)c3ncccc32)c1)N1CCOCC1. The molecular formula is C27H32N4O4. The number of pyridine rings is 1. The highest BCUT2D eigenvalue weighted by Crippen LogP contribution is 2.22. The van der Waals surface area contributed by atoms with E-state index in [1.54, 1.807) is 6.20 Å². The first-order valence-electron chi connectivity index (χ1n) is 12.5. The van der Waals surface area contributed by atoms with E-state index in [1.807, 2.05) is 46.3 Å². The molecule has 0 saturated carbocycles. The molecule has 184 valence electrons. The van der Waals surface area contributed by atoms with Crippen LogP contribution in [0.3, 0.4) is 0 Å². The van der Waals surface area contributed by atoms with E-state index in [0.29, 0.717) is 58.2 Å². The summed E-state index contributed by atoms with van der Waals surface area (Å²) in [6.45, 7) is 5.72. The maximum absolute atomic E-state index is 13.1. The molecule has 2 fully saturated rings. The van der Waals surface area contributed by atoms with E-state index >= 15 is 0 Å². The molecule has 1 aromatic carbocycles. The Labute approximate surface area is 205 Å². The first-order valence-corrected chi connectivity index (χ1v) is 12.5. The maximum atomic E-state index is 13.1. The number of hydrogen-bond donors (Lipinski definition) is 0. The fourth-order valence-electron chi connectivity index (χ4n) is 4.82. The minimum Gasteiger partial charge on any atom is -0.378 e. The van der Waals surface area contributed by atoms with E-state index in [-0.39, 0.29) is 11.8 Å². The molecule has 2 saturated heterocycles. The third-order valence-electron chi connectivity index (χ3n) is 6.75. The van der Waals surface area contributed by atoms with Crippen LogP contribution in [0.15, 0.2) is 48.8 Å². The van der Waals surface area contributed by atoms with Crippen molar-refractivity contribution in [2.24, 2.45) is 0 Å². The Morgan fingerprint density at radius 3 is 2.31 bits per heavy atom. The van der Waals surface area contributed by atoms with Crippen LogP contribution < -0.4 is 0 Å². The second-order valence-electron chi connectivity index (χ2n) is 9.07. The lowest BCUT2D eigenvalue weighted by molar-refractivity contribution is 0.0301. The van der Waals surface area contributed by atoms with Crippen LogP contribution in [-0.4, -0.2) is 83.8 Å². The summed E-state index contributed by atoms with van der Waals surface area (Å²) in [6, 6.07) is 11.9. The van der Waals surface area contributed by atoms with Crippen LogP contribution in [0.1, 0.15) is 39.1 Å². The Morgan fingerprint density at radius 1 is 0.857 bits per heavy atom. The van der Waals surface area contributed by atoms with Gasteiger partial charge in [0.1, 0.15) is 5.52 Å². The monoisotopic (exact) mass is 476 g/mol. The molecule has 0 spiro atoms. The summed E-state index contributed by atoms with van der Waals surface area (Å²) in [4.78, 5) is 34.1. The van der Waals surface area contributed by atoms with Gasteiger partial charge >= 0.3 is 0 Å². The van der Waals surface area contributed by atoms with Crippen LogP contribution in [0.2, 0.25) is 0 Å². The standard InChI is InChI=1S/C27H32N4O4/c32-26(29-11-15-34-16-12-29)22-7-3-6-21(19-22)5-1-2-10-31-20-23(25-24(31)8-4-9-28-25)27(33)30-13-17-35-18-14-30/h3-4,6-9,19-20H,1-2,5,10-18H2. The van der Waals surface area contributed by atoms with Crippen molar-refractivity contribution >= 4 is 22.8 Å². The van der Waals surface area contributed by atoms with E-state index in [2.05, 4.69) is 15.6 Å². The first-order chi connectivity index (χ1) is 17.2. The summed E-state index contributed by atoms with van der Waals surface area (Å²) in [6.07, 6.45) is 6.56. The smallest absolute Gasteiger partial charge is 0.257 e. The van der Waals surface area contributed by atoms with Crippen LogP contribution in [0.25, 0.3) is 11.0 Å². The van der Waals surface area contributed by atoms with Gasteiger partial charge in [-0.05, 0) is 49.1 Å². The average Bonchev–Trinajstić information content (AvgIpc) is 3.30. The van der Waals surface area contributed by atoms with E-state index in [9.17, 15) is 9.59 Å². The number of unbranched alkanes of at least 4 members (excludes halogenated alkanes) is 1. The van der Waals surface area contributed by atoms with Crippen LogP contribution in [0.4, 0.5) is 0 Å². The fourth-order valence-corrected chi connectivity index (χ4v) is 4.82. The number of fused-ring (bicyclic) bond motifs is 1. The van der Waals surface area contributed by atoms with Crippen molar-refractivity contribution in [2.75, 3.05) is 52.6 Å². The molecule has 0 aliphatic carbocycles. The minimum atomic E-state index is 0.0255. The summed E-state index contributed by atoms with van der Waals surface area (Å²) in [5.74, 6) is 0.108. The lowest BCUT2D eigenvalue weighted by atomic mass is 10.0. The van der Waals surface area contributed by atoms with Crippen molar-refractivity contribution in [1.82, 2.24) is 19.4 Å². The zero-order valence-corrected chi connectivity index (χ0v) is 20.0. The average molecular weight is 477 g/mol. The molecule has 0 unspecified atom stereocenters. The zero-order valence-electron chi connectivity index (χ0n) is 20.0. The van der Waals surface area contributed by atoms with E-state index in [1.165, 1.54) is 5.56 Å². The highest BCUT2D eigenvalue weighted by molar-refractivity contribution is 6.05. The molecule has 8 nitrogen and oxygen atoms in total. The van der Waals surface area contributed by atoms with Crippen LogP contribution in [0, 0.1) is 0 Å². The molecule has 35 heavy (non-hydrogen) atoms. The number of carbonyl (C=O) groups is 2. The van der Waals surface area contributed by atoms with Gasteiger partial charge in [0.05, 0.1) is 37.5 Å². The number of aryl methyl sites for hydroxylation is 2.